The van der Waals surface area contributed by atoms with Gasteiger partial charge in [0.15, 0.2) is 5.69 Å². The second kappa shape index (κ2) is 9.96. The third-order valence-corrected chi connectivity index (χ3v) is 8.37. The van der Waals surface area contributed by atoms with E-state index < -0.39 is 23.3 Å². The number of thiazole rings is 1. The second-order valence-electron chi connectivity index (χ2n) is 9.76. The van der Waals surface area contributed by atoms with Crippen molar-refractivity contribution in [1.82, 2.24) is 15.2 Å². The number of aromatic nitrogens is 3. The van der Waals surface area contributed by atoms with Crippen LogP contribution in [0.3, 0.4) is 0 Å². The fourth-order valence-electron chi connectivity index (χ4n) is 5.17. The number of benzodiazepines with no additional fused rings is 1. The Morgan fingerprint density at radius 2 is 1.85 bits per heavy atom. The number of carbonyl (C=O) groups excluding carboxylic acids is 1. The first-order valence-corrected chi connectivity index (χ1v) is 13.8. The van der Waals surface area contributed by atoms with Crippen molar-refractivity contribution in [3.8, 4) is 11.6 Å². The van der Waals surface area contributed by atoms with E-state index in [1.165, 1.54) is 0 Å². The molecule has 7 rings (SSSR count). The number of halogens is 3. The number of fused-ring (bicyclic) bond motifs is 2. The summed E-state index contributed by atoms with van der Waals surface area (Å²) >= 11 is 0.547. The Kier molecular flexibility index (Phi) is 6.23. The molecule has 210 valence electrons. The van der Waals surface area contributed by atoms with Gasteiger partial charge in [-0.3, -0.25) is 4.79 Å². The molecule has 41 heavy (non-hydrogen) atoms. The van der Waals surface area contributed by atoms with Gasteiger partial charge >= 0.3 is 12.2 Å². The summed E-state index contributed by atoms with van der Waals surface area (Å²) in [5.41, 5.74) is 2.62. The number of benzene rings is 2. The fourth-order valence-corrected chi connectivity index (χ4v) is 6.17. The van der Waals surface area contributed by atoms with E-state index in [2.05, 4.69) is 30.8 Å². The zero-order valence-electron chi connectivity index (χ0n) is 21.3. The molecule has 1 aliphatic carbocycles. The van der Waals surface area contributed by atoms with Crippen molar-refractivity contribution in [1.29, 1.82) is 0 Å². The van der Waals surface area contributed by atoms with Crippen molar-refractivity contribution in [3.63, 3.8) is 0 Å². The van der Waals surface area contributed by atoms with Crippen LogP contribution in [-0.4, -0.2) is 58.3 Å². The van der Waals surface area contributed by atoms with E-state index in [1.54, 1.807) is 12.1 Å². The Morgan fingerprint density at radius 3 is 2.63 bits per heavy atom. The number of hydrogen-bond acceptors (Lipinski definition) is 10. The fraction of sp³-hybridized carbons (Fsp3) is 0.296. The molecule has 1 saturated carbocycles. The summed E-state index contributed by atoms with van der Waals surface area (Å²) in [7, 11) is 0. The monoisotopic (exact) mass is 581 g/mol. The van der Waals surface area contributed by atoms with Crippen LogP contribution in [0.4, 0.5) is 29.9 Å². The lowest BCUT2D eigenvalue weighted by Gasteiger charge is -2.48. The number of nitrogens with one attached hydrogen (secondary N) is 2. The zero-order chi connectivity index (χ0) is 28.1. The predicted octanol–water partition coefficient (Wildman–Crippen LogP) is 4.81. The molecule has 2 fully saturated rings. The van der Waals surface area contributed by atoms with Gasteiger partial charge in [-0.05, 0) is 18.9 Å². The highest BCUT2D eigenvalue weighted by Crippen LogP contribution is 2.46. The van der Waals surface area contributed by atoms with Crippen LogP contribution in [0, 0.1) is 0 Å². The standard InChI is InChI=1S/C27H22F3N7O3S/c28-27(29,30)25-33-20(24(41-25)37-12-13-39-18-11-10-17(18)37)23-35-36-26(40-23)34-21-22(38)31-16-9-5-4-8-15(16)19(32-21)14-6-2-1-3-7-14/h1-9,17-18,21H,10-13H2,(H,31,38)(H,34,36)/t17-,18+,21-/m1/s1. The number of hydrogen-bond donors (Lipinski definition) is 2. The van der Waals surface area contributed by atoms with Gasteiger partial charge < -0.3 is 24.7 Å². The van der Waals surface area contributed by atoms with Crippen molar-refractivity contribution in [3.05, 3.63) is 70.7 Å². The van der Waals surface area contributed by atoms with E-state index in [0.29, 0.717) is 40.9 Å². The van der Waals surface area contributed by atoms with Gasteiger partial charge in [-0.15, -0.1) is 5.10 Å². The number of morpholine rings is 1. The Morgan fingerprint density at radius 1 is 1.05 bits per heavy atom. The maximum atomic E-state index is 13.7. The van der Waals surface area contributed by atoms with Crippen LogP contribution >= 0.6 is 11.3 Å². The van der Waals surface area contributed by atoms with Crippen molar-refractivity contribution in [2.24, 2.45) is 4.99 Å². The molecular weight excluding hydrogens is 559 g/mol. The van der Waals surface area contributed by atoms with Gasteiger partial charge in [0.2, 0.25) is 11.2 Å². The number of aliphatic imine (C=N–C) groups is 1. The van der Waals surface area contributed by atoms with E-state index in [1.807, 2.05) is 47.4 Å². The van der Waals surface area contributed by atoms with Gasteiger partial charge in [0.25, 0.3) is 11.8 Å². The van der Waals surface area contributed by atoms with Crippen molar-refractivity contribution >= 4 is 39.7 Å². The largest absolute Gasteiger partial charge is 0.443 e. The average Bonchev–Trinajstić information content (AvgIpc) is 3.57. The van der Waals surface area contributed by atoms with E-state index in [9.17, 15) is 18.0 Å². The molecule has 1 saturated heterocycles. The molecule has 0 radical (unpaired) electrons. The summed E-state index contributed by atoms with van der Waals surface area (Å²) in [5.74, 6) is -0.664. The predicted molar refractivity (Wildman–Crippen MR) is 145 cm³/mol. The molecule has 2 N–H and O–H groups in total. The summed E-state index contributed by atoms with van der Waals surface area (Å²) in [6.07, 6.45) is -4.17. The minimum Gasteiger partial charge on any atom is -0.402 e. The number of carbonyl (C=O) groups is 1. The number of alkyl halides is 3. The smallest absolute Gasteiger partial charge is 0.402 e. The van der Waals surface area contributed by atoms with Gasteiger partial charge in [0.1, 0.15) is 5.00 Å². The topological polar surface area (TPSA) is 118 Å². The van der Waals surface area contributed by atoms with Gasteiger partial charge in [-0.25, -0.2) is 9.98 Å². The molecule has 4 heterocycles. The molecule has 0 spiro atoms. The molecule has 4 aromatic rings. The molecular formula is C27H22F3N7O3S. The lowest BCUT2D eigenvalue weighted by molar-refractivity contribution is -0.137. The van der Waals surface area contributed by atoms with Gasteiger partial charge in [0, 0.05) is 17.7 Å². The summed E-state index contributed by atoms with van der Waals surface area (Å²) in [6, 6.07) is 16.5. The number of anilines is 3. The molecule has 10 nitrogen and oxygen atoms in total. The first-order chi connectivity index (χ1) is 19.8. The Hall–Kier alpha value is -4.30. The van der Waals surface area contributed by atoms with Crippen molar-refractivity contribution in [2.75, 3.05) is 28.7 Å². The van der Waals surface area contributed by atoms with Gasteiger partial charge in [0.05, 0.1) is 30.2 Å². The van der Waals surface area contributed by atoms with Gasteiger partial charge in [-0.2, -0.15) is 13.2 Å². The number of rotatable bonds is 5. The summed E-state index contributed by atoms with van der Waals surface area (Å²) in [4.78, 5) is 23.6. The second-order valence-corrected chi connectivity index (χ2v) is 10.7. The molecule has 0 unspecified atom stereocenters. The van der Waals surface area contributed by atoms with Crippen molar-refractivity contribution < 1.29 is 27.1 Å². The molecule has 0 bridgehead atoms. The highest BCUT2D eigenvalue weighted by atomic mass is 32.1. The number of para-hydroxylation sites is 1. The average molecular weight is 582 g/mol. The Labute approximate surface area is 235 Å². The highest BCUT2D eigenvalue weighted by Gasteiger charge is 2.44. The first-order valence-electron chi connectivity index (χ1n) is 13.0. The molecule has 2 aromatic heterocycles. The molecule has 2 aliphatic heterocycles. The molecule has 2 aromatic carbocycles. The quantitative estimate of drug-likeness (QED) is 0.345. The van der Waals surface area contributed by atoms with Crippen LogP contribution in [0.15, 0.2) is 64.0 Å². The molecule has 3 atom stereocenters. The van der Waals surface area contributed by atoms with Crippen LogP contribution < -0.4 is 15.5 Å². The summed E-state index contributed by atoms with van der Waals surface area (Å²) in [5, 5.41) is 13.0. The first kappa shape index (κ1) is 25.7. The van der Waals surface area contributed by atoms with Gasteiger partial charge in [-0.1, -0.05) is 65.0 Å². The molecule has 3 aliphatic rings. The maximum absolute atomic E-state index is 13.7. The minimum absolute atomic E-state index is 0.0255. The lowest BCUT2D eigenvalue weighted by Crippen LogP contribution is -2.57. The highest BCUT2D eigenvalue weighted by molar-refractivity contribution is 7.16. The van der Waals surface area contributed by atoms with Crippen molar-refractivity contribution in [2.45, 2.75) is 37.3 Å². The number of amides is 1. The third kappa shape index (κ3) is 4.72. The van der Waals surface area contributed by atoms with Crippen LogP contribution in [0.2, 0.25) is 0 Å². The third-order valence-electron chi connectivity index (χ3n) is 7.23. The van der Waals surface area contributed by atoms with Crippen LogP contribution in [0.1, 0.15) is 29.0 Å². The lowest BCUT2D eigenvalue weighted by atomic mass is 9.86. The number of ether oxygens (including phenoxy) is 1. The van der Waals surface area contributed by atoms with E-state index in [0.717, 1.165) is 24.0 Å². The maximum Gasteiger partial charge on any atom is 0.443 e. The van der Waals surface area contributed by atoms with E-state index >= 15 is 0 Å². The number of nitrogens with zero attached hydrogens (tertiary/aromatic N) is 5. The van der Waals surface area contributed by atoms with E-state index in [-0.39, 0.29) is 29.7 Å². The normalized spacial score (nSPS) is 22.1. The molecule has 14 heteroatoms. The SMILES string of the molecule is O=C1Nc2ccccc2C(c2ccccc2)=N[C@@H]1Nc1nnc(-c2nc(C(F)(F)F)sc2N2CCO[C@H]3CC[C@H]32)o1. The van der Waals surface area contributed by atoms with Crippen LogP contribution in [0.5, 0.6) is 0 Å². The van der Waals surface area contributed by atoms with E-state index in [4.69, 9.17) is 9.15 Å². The Balaban J connectivity index is 1.22. The summed E-state index contributed by atoms with van der Waals surface area (Å²) in [6.45, 7) is 0.824. The minimum atomic E-state index is -4.64. The molecule has 1 amide bonds. The summed E-state index contributed by atoms with van der Waals surface area (Å²) < 4.78 is 52.6. The van der Waals surface area contributed by atoms with Crippen LogP contribution in [-0.2, 0) is 15.7 Å². The zero-order valence-corrected chi connectivity index (χ0v) is 22.1. The van der Waals surface area contributed by atoms with Crippen LogP contribution in [0.25, 0.3) is 11.6 Å². The Bertz CT molecular complexity index is 1640.